The second-order valence-electron chi connectivity index (χ2n) is 3.34. The van der Waals surface area contributed by atoms with Gasteiger partial charge in [0.25, 0.3) is 0 Å². The number of fused-ring (bicyclic) bond motifs is 1. The van der Waals surface area contributed by atoms with E-state index >= 15 is 0 Å². The molecule has 1 aromatic heterocycles. The van der Waals surface area contributed by atoms with Gasteiger partial charge in [0, 0.05) is 23.6 Å². The largest absolute Gasteiger partial charge is 0.497 e. The number of aryl methyl sites for hydroxylation is 1. The minimum absolute atomic E-state index is 0.538. The highest BCUT2D eigenvalue weighted by Gasteiger charge is 2.01. The SMILES string of the molecule is COc1ccc2c(ccn2CCC#N)c1. The molecular weight excluding hydrogens is 188 g/mol. The van der Waals surface area contributed by atoms with Gasteiger partial charge in [-0.05, 0) is 24.3 Å². The van der Waals surface area contributed by atoms with Crippen molar-refractivity contribution in [3.8, 4) is 11.8 Å². The lowest BCUT2D eigenvalue weighted by Crippen LogP contribution is -1.94. The monoisotopic (exact) mass is 200 g/mol. The fraction of sp³-hybridized carbons (Fsp3) is 0.250. The summed E-state index contributed by atoms with van der Waals surface area (Å²) in [6.07, 6.45) is 2.54. The van der Waals surface area contributed by atoms with Crippen LogP contribution in [-0.2, 0) is 6.54 Å². The average Bonchev–Trinajstić information content (AvgIpc) is 2.68. The minimum Gasteiger partial charge on any atom is -0.497 e. The first-order valence-corrected chi connectivity index (χ1v) is 4.85. The fourth-order valence-corrected chi connectivity index (χ4v) is 1.67. The number of methoxy groups -OCH3 is 1. The lowest BCUT2D eigenvalue weighted by molar-refractivity contribution is 0.415. The second-order valence-corrected chi connectivity index (χ2v) is 3.34. The highest BCUT2D eigenvalue weighted by molar-refractivity contribution is 5.81. The zero-order chi connectivity index (χ0) is 10.7. The molecule has 2 rings (SSSR count). The van der Waals surface area contributed by atoms with Gasteiger partial charge in [0.1, 0.15) is 5.75 Å². The van der Waals surface area contributed by atoms with Crippen LogP contribution >= 0.6 is 0 Å². The van der Waals surface area contributed by atoms with E-state index in [9.17, 15) is 0 Å². The van der Waals surface area contributed by atoms with Crippen LogP contribution in [0, 0.1) is 11.3 Å². The van der Waals surface area contributed by atoms with Crippen molar-refractivity contribution in [1.82, 2.24) is 4.57 Å². The molecule has 0 fully saturated rings. The molecule has 0 radical (unpaired) electrons. The number of nitriles is 1. The van der Waals surface area contributed by atoms with E-state index in [2.05, 4.69) is 10.6 Å². The molecular formula is C12H12N2O. The number of benzene rings is 1. The van der Waals surface area contributed by atoms with E-state index in [-0.39, 0.29) is 0 Å². The summed E-state index contributed by atoms with van der Waals surface area (Å²) in [4.78, 5) is 0. The Bertz CT molecular complexity index is 508. The van der Waals surface area contributed by atoms with Crippen molar-refractivity contribution >= 4 is 10.9 Å². The van der Waals surface area contributed by atoms with Crippen LogP contribution in [-0.4, -0.2) is 11.7 Å². The molecule has 0 aliphatic heterocycles. The van der Waals surface area contributed by atoms with Gasteiger partial charge in [-0.1, -0.05) is 0 Å². The van der Waals surface area contributed by atoms with Gasteiger partial charge in [0.2, 0.25) is 0 Å². The normalized spacial score (nSPS) is 10.1. The highest BCUT2D eigenvalue weighted by Crippen LogP contribution is 2.21. The Balaban J connectivity index is 2.39. The second kappa shape index (κ2) is 4.05. The van der Waals surface area contributed by atoms with E-state index in [1.165, 1.54) is 0 Å². The van der Waals surface area contributed by atoms with Gasteiger partial charge in [-0.3, -0.25) is 0 Å². The molecule has 0 N–H and O–H groups in total. The van der Waals surface area contributed by atoms with Crippen molar-refractivity contribution in [2.45, 2.75) is 13.0 Å². The molecule has 0 aliphatic rings. The third kappa shape index (κ3) is 1.79. The van der Waals surface area contributed by atoms with Gasteiger partial charge < -0.3 is 9.30 Å². The summed E-state index contributed by atoms with van der Waals surface area (Å²) in [6.45, 7) is 0.742. The van der Waals surface area contributed by atoms with Crippen LogP contribution in [0.4, 0.5) is 0 Å². The first-order chi connectivity index (χ1) is 7.35. The fourth-order valence-electron chi connectivity index (χ4n) is 1.67. The van der Waals surface area contributed by atoms with Crippen LogP contribution in [0.25, 0.3) is 10.9 Å². The number of rotatable bonds is 3. The van der Waals surface area contributed by atoms with E-state index in [0.717, 1.165) is 23.2 Å². The molecule has 15 heavy (non-hydrogen) atoms. The molecule has 3 heteroatoms. The molecule has 0 spiro atoms. The molecule has 76 valence electrons. The van der Waals surface area contributed by atoms with Crippen molar-refractivity contribution in [3.05, 3.63) is 30.5 Å². The van der Waals surface area contributed by atoms with E-state index < -0.39 is 0 Å². The average molecular weight is 200 g/mol. The summed E-state index contributed by atoms with van der Waals surface area (Å²) in [6, 6.07) is 10.1. The summed E-state index contributed by atoms with van der Waals surface area (Å²) in [7, 11) is 1.66. The molecule has 0 unspecified atom stereocenters. The number of hydrogen-bond acceptors (Lipinski definition) is 2. The maximum atomic E-state index is 8.54. The van der Waals surface area contributed by atoms with Gasteiger partial charge in [-0.2, -0.15) is 5.26 Å². The van der Waals surface area contributed by atoms with Gasteiger partial charge in [0.05, 0.1) is 19.6 Å². The van der Waals surface area contributed by atoms with Crippen LogP contribution in [0.15, 0.2) is 30.5 Å². The van der Waals surface area contributed by atoms with E-state index in [0.29, 0.717) is 6.42 Å². The molecule has 0 bridgehead atoms. The van der Waals surface area contributed by atoms with Crippen molar-refractivity contribution in [2.75, 3.05) is 7.11 Å². The zero-order valence-corrected chi connectivity index (χ0v) is 8.60. The molecule has 2 aromatic rings. The quantitative estimate of drug-likeness (QED) is 0.763. The predicted molar refractivity (Wildman–Crippen MR) is 58.7 cm³/mol. The maximum Gasteiger partial charge on any atom is 0.119 e. The number of aromatic nitrogens is 1. The lowest BCUT2D eigenvalue weighted by Gasteiger charge is -2.03. The first-order valence-electron chi connectivity index (χ1n) is 4.85. The Morgan fingerprint density at radius 3 is 3.00 bits per heavy atom. The zero-order valence-electron chi connectivity index (χ0n) is 8.60. The summed E-state index contributed by atoms with van der Waals surface area (Å²) < 4.78 is 7.23. The smallest absolute Gasteiger partial charge is 0.119 e. The van der Waals surface area contributed by atoms with Crippen molar-refractivity contribution < 1.29 is 4.74 Å². The Labute approximate surface area is 88.5 Å². The summed E-state index contributed by atoms with van der Waals surface area (Å²) in [5.41, 5.74) is 1.14. The summed E-state index contributed by atoms with van der Waals surface area (Å²) >= 11 is 0. The van der Waals surface area contributed by atoms with E-state index in [4.69, 9.17) is 10.00 Å². The maximum absolute atomic E-state index is 8.54. The summed E-state index contributed by atoms with van der Waals surface area (Å²) in [5, 5.41) is 9.68. The molecule has 0 aliphatic carbocycles. The third-order valence-corrected chi connectivity index (χ3v) is 2.44. The van der Waals surface area contributed by atoms with E-state index in [1.807, 2.05) is 30.5 Å². The van der Waals surface area contributed by atoms with Crippen LogP contribution < -0.4 is 4.74 Å². The number of ether oxygens (including phenoxy) is 1. The first kappa shape index (κ1) is 9.60. The molecule has 0 atom stereocenters. The Kier molecular flexibility index (Phi) is 2.59. The minimum atomic E-state index is 0.538. The molecule has 1 heterocycles. The molecule has 0 amide bonds. The van der Waals surface area contributed by atoms with Gasteiger partial charge in [0.15, 0.2) is 0 Å². The lowest BCUT2D eigenvalue weighted by atomic mass is 10.2. The van der Waals surface area contributed by atoms with Gasteiger partial charge >= 0.3 is 0 Å². The molecule has 0 saturated carbocycles. The topological polar surface area (TPSA) is 38.0 Å². The number of nitrogens with zero attached hydrogens (tertiary/aromatic N) is 2. The standard InChI is InChI=1S/C12H12N2O/c1-15-11-3-4-12-10(9-11)5-8-14(12)7-2-6-13/h3-5,8-9H,2,7H2,1H3. The Hall–Kier alpha value is -1.95. The van der Waals surface area contributed by atoms with Crippen LogP contribution in [0.1, 0.15) is 6.42 Å². The van der Waals surface area contributed by atoms with Crippen molar-refractivity contribution in [3.63, 3.8) is 0 Å². The van der Waals surface area contributed by atoms with Crippen LogP contribution in [0.2, 0.25) is 0 Å². The predicted octanol–water partition coefficient (Wildman–Crippen LogP) is 2.56. The summed E-state index contributed by atoms with van der Waals surface area (Å²) in [5.74, 6) is 0.862. The van der Waals surface area contributed by atoms with Gasteiger partial charge in [-0.15, -0.1) is 0 Å². The van der Waals surface area contributed by atoms with Gasteiger partial charge in [-0.25, -0.2) is 0 Å². The van der Waals surface area contributed by atoms with Crippen LogP contribution in [0.3, 0.4) is 0 Å². The molecule has 3 nitrogen and oxygen atoms in total. The van der Waals surface area contributed by atoms with E-state index in [1.54, 1.807) is 7.11 Å². The Morgan fingerprint density at radius 2 is 2.27 bits per heavy atom. The van der Waals surface area contributed by atoms with Crippen molar-refractivity contribution in [2.24, 2.45) is 0 Å². The Morgan fingerprint density at radius 1 is 1.40 bits per heavy atom. The third-order valence-electron chi connectivity index (χ3n) is 2.44. The number of hydrogen-bond donors (Lipinski definition) is 0. The van der Waals surface area contributed by atoms with Crippen molar-refractivity contribution in [1.29, 1.82) is 5.26 Å². The molecule has 0 saturated heterocycles. The molecule has 1 aromatic carbocycles. The van der Waals surface area contributed by atoms with Crippen LogP contribution in [0.5, 0.6) is 5.75 Å². The highest BCUT2D eigenvalue weighted by atomic mass is 16.5.